The zero-order valence-electron chi connectivity index (χ0n) is 13.5. The van der Waals surface area contributed by atoms with Crippen LogP contribution in [0.25, 0.3) is 0 Å². The highest BCUT2D eigenvalue weighted by atomic mass is 15.2. The van der Waals surface area contributed by atoms with Crippen LogP contribution in [0.15, 0.2) is 30.3 Å². The number of piperazine rings is 1. The van der Waals surface area contributed by atoms with Crippen LogP contribution in [0, 0.1) is 17.8 Å². The SMILES string of the molecule is CC(C)C(CN1CCNCC1c1ccccc1)C(C)C. The van der Waals surface area contributed by atoms with Crippen molar-refractivity contribution in [2.24, 2.45) is 17.8 Å². The highest BCUT2D eigenvalue weighted by Gasteiger charge is 2.28. The van der Waals surface area contributed by atoms with Crippen molar-refractivity contribution in [2.75, 3.05) is 26.2 Å². The lowest BCUT2D eigenvalue weighted by Gasteiger charge is -2.40. The molecule has 0 saturated carbocycles. The van der Waals surface area contributed by atoms with Crippen molar-refractivity contribution in [1.82, 2.24) is 10.2 Å². The maximum Gasteiger partial charge on any atom is 0.0473 e. The summed E-state index contributed by atoms with van der Waals surface area (Å²) < 4.78 is 0. The molecule has 0 radical (unpaired) electrons. The molecule has 1 aromatic carbocycles. The van der Waals surface area contributed by atoms with Gasteiger partial charge in [0.15, 0.2) is 0 Å². The number of rotatable bonds is 5. The number of hydrogen-bond acceptors (Lipinski definition) is 2. The van der Waals surface area contributed by atoms with Crippen LogP contribution >= 0.6 is 0 Å². The van der Waals surface area contributed by atoms with Crippen molar-refractivity contribution in [3.05, 3.63) is 35.9 Å². The molecule has 2 nitrogen and oxygen atoms in total. The summed E-state index contributed by atoms with van der Waals surface area (Å²) in [5.41, 5.74) is 1.45. The number of benzene rings is 1. The Morgan fingerprint density at radius 1 is 1.10 bits per heavy atom. The Balaban J connectivity index is 2.11. The summed E-state index contributed by atoms with van der Waals surface area (Å²) >= 11 is 0. The highest BCUT2D eigenvalue weighted by molar-refractivity contribution is 5.20. The second-order valence-electron chi connectivity index (χ2n) is 6.78. The van der Waals surface area contributed by atoms with E-state index in [1.165, 1.54) is 12.1 Å². The van der Waals surface area contributed by atoms with Crippen LogP contribution < -0.4 is 5.32 Å². The summed E-state index contributed by atoms with van der Waals surface area (Å²) in [6, 6.07) is 11.5. The molecule has 1 aliphatic heterocycles. The van der Waals surface area contributed by atoms with Gasteiger partial charge in [-0.2, -0.15) is 0 Å². The molecular formula is C18H30N2. The van der Waals surface area contributed by atoms with E-state index in [0.717, 1.165) is 37.4 Å². The molecule has 2 heteroatoms. The molecule has 112 valence electrons. The minimum Gasteiger partial charge on any atom is -0.314 e. The first-order chi connectivity index (χ1) is 9.59. The lowest BCUT2D eigenvalue weighted by Crippen LogP contribution is -2.48. The van der Waals surface area contributed by atoms with Gasteiger partial charge in [0, 0.05) is 32.2 Å². The van der Waals surface area contributed by atoms with Gasteiger partial charge in [0.25, 0.3) is 0 Å². The van der Waals surface area contributed by atoms with E-state index in [0.29, 0.717) is 6.04 Å². The van der Waals surface area contributed by atoms with Gasteiger partial charge < -0.3 is 5.32 Å². The van der Waals surface area contributed by atoms with Gasteiger partial charge in [0.1, 0.15) is 0 Å². The summed E-state index contributed by atoms with van der Waals surface area (Å²) in [4.78, 5) is 2.69. The van der Waals surface area contributed by atoms with Crippen LogP contribution in [-0.4, -0.2) is 31.1 Å². The van der Waals surface area contributed by atoms with E-state index in [1.807, 2.05) is 0 Å². The standard InChI is InChI=1S/C18H30N2/c1-14(2)17(15(3)4)13-20-11-10-19-12-18(20)16-8-6-5-7-9-16/h5-9,14-15,17-19H,10-13H2,1-4H3. The monoisotopic (exact) mass is 274 g/mol. The lowest BCUT2D eigenvalue weighted by molar-refractivity contribution is 0.104. The quantitative estimate of drug-likeness (QED) is 0.883. The number of nitrogens with zero attached hydrogens (tertiary/aromatic N) is 1. The minimum atomic E-state index is 0.532. The van der Waals surface area contributed by atoms with Gasteiger partial charge in [-0.3, -0.25) is 4.90 Å². The highest BCUT2D eigenvalue weighted by Crippen LogP contribution is 2.28. The molecule has 0 aromatic heterocycles. The maximum atomic E-state index is 3.55. The summed E-state index contributed by atoms with van der Waals surface area (Å²) in [7, 11) is 0. The van der Waals surface area contributed by atoms with Crippen LogP contribution in [0.5, 0.6) is 0 Å². The van der Waals surface area contributed by atoms with E-state index in [4.69, 9.17) is 0 Å². The maximum absolute atomic E-state index is 3.55. The molecule has 1 atom stereocenters. The van der Waals surface area contributed by atoms with Crippen LogP contribution in [0.4, 0.5) is 0 Å². The molecule has 2 rings (SSSR count). The van der Waals surface area contributed by atoms with E-state index in [1.54, 1.807) is 0 Å². The van der Waals surface area contributed by atoms with Gasteiger partial charge in [0.2, 0.25) is 0 Å². The normalized spacial score (nSPS) is 21.1. The summed E-state index contributed by atoms with van der Waals surface area (Å²) in [6.07, 6.45) is 0. The average Bonchev–Trinajstić information content (AvgIpc) is 2.45. The largest absolute Gasteiger partial charge is 0.314 e. The molecule has 1 aromatic rings. The van der Waals surface area contributed by atoms with Crippen molar-refractivity contribution in [3.8, 4) is 0 Å². The van der Waals surface area contributed by atoms with Gasteiger partial charge in [0.05, 0.1) is 0 Å². The Hall–Kier alpha value is -0.860. The summed E-state index contributed by atoms with van der Waals surface area (Å²) in [6.45, 7) is 14.0. The van der Waals surface area contributed by atoms with E-state index < -0.39 is 0 Å². The van der Waals surface area contributed by atoms with Gasteiger partial charge >= 0.3 is 0 Å². The third-order valence-electron chi connectivity index (χ3n) is 4.70. The zero-order valence-corrected chi connectivity index (χ0v) is 13.5. The van der Waals surface area contributed by atoms with Crippen LogP contribution in [-0.2, 0) is 0 Å². The third kappa shape index (κ3) is 3.83. The van der Waals surface area contributed by atoms with E-state index in [9.17, 15) is 0 Å². The fourth-order valence-corrected chi connectivity index (χ4v) is 3.43. The molecule has 1 fully saturated rings. The van der Waals surface area contributed by atoms with E-state index in [2.05, 4.69) is 68.2 Å². The Morgan fingerprint density at radius 2 is 1.75 bits per heavy atom. The lowest BCUT2D eigenvalue weighted by atomic mass is 9.84. The first-order valence-corrected chi connectivity index (χ1v) is 8.09. The van der Waals surface area contributed by atoms with Gasteiger partial charge in [-0.25, -0.2) is 0 Å². The minimum absolute atomic E-state index is 0.532. The molecule has 0 aliphatic carbocycles. The number of nitrogens with one attached hydrogen (secondary N) is 1. The summed E-state index contributed by atoms with van der Waals surface area (Å²) in [5, 5.41) is 3.55. The van der Waals surface area contributed by atoms with E-state index >= 15 is 0 Å². The van der Waals surface area contributed by atoms with Crippen molar-refractivity contribution < 1.29 is 0 Å². The topological polar surface area (TPSA) is 15.3 Å². The van der Waals surface area contributed by atoms with Gasteiger partial charge in [-0.15, -0.1) is 0 Å². The van der Waals surface area contributed by atoms with Crippen LogP contribution in [0.2, 0.25) is 0 Å². The fraction of sp³-hybridized carbons (Fsp3) is 0.667. The van der Waals surface area contributed by atoms with Crippen LogP contribution in [0.1, 0.15) is 39.3 Å². The zero-order chi connectivity index (χ0) is 14.5. The average molecular weight is 274 g/mol. The molecule has 0 amide bonds. The Labute approximate surface area is 124 Å². The van der Waals surface area contributed by atoms with Gasteiger partial charge in [-0.1, -0.05) is 58.0 Å². The molecule has 1 aliphatic rings. The molecule has 0 bridgehead atoms. The molecule has 0 spiro atoms. The second-order valence-corrected chi connectivity index (χ2v) is 6.78. The van der Waals surface area contributed by atoms with Crippen molar-refractivity contribution in [1.29, 1.82) is 0 Å². The molecule has 1 N–H and O–H groups in total. The summed E-state index contributed by atoms with van der Waals surface area (Å²) in [5.74, 6) is 2.28. The van der Waals surface area contributed by atoms with Crippen molar-refractivity contribution in [2.45, 2.75) is 33.7 Å². The first kappa shape index (κ1) is 15.5. The van der Waals surface area contributed by atoms with E-state index in [-0.39, 0.29) is 0 Å². The van der Waals surface area contributed by atoms with Crippen LogP contribution in [0.3, 0.4) is 0 Å². The fourth-order valence-electron chi connectivity index (χ4n) is 3.43. The number of hydrogen-bond donors (Lipinski definition) is 1. The van der Waals surface area contributed by atoms with Crippen molar-refractivity contribution >= 4 is 0 Å². The van der Waals surface area contributed by atoms with Crippen molar-refractivity contribution in [3.63, 3.8) is 0 Å². The second kappa shape index (κ2) is 7.24. The molecule has 1 saturated heterocycles. The Kier molecular flexibility index (Phi) is 5.62. The first-order valence-electron chi connectivity index (χ1n) is 8.09. The third-order valence-corrected chi connectivity index (χ3v) is 4.70. The molecule has 1 heterocycles. The Bertz CT molecular complexity index is 378. The molecule has 20 heavy (non-hydrogen) atoms. The molecular weight excluding hydrogens is 244 g/mol. The molecule has 1 unspecified atom stereocenters. The Morgan fingerprint density at radius 3 is 2.35 bits per heavy atom. The van der Waals surface area contributed by atoms with Gasteiger partial charge in [-0.05, 0) is 23.3 Å². The predicted octanol–water partition coefficient (Wildman–Crippen LogP) is 3.56. The predicted molar refractivity (Wildman–Crippen MR) is 86.8 cm³/mol. The smallest absolute Gasteiger partial charge is 0.0473 e.